The lowest BCUT2D eigenvalue weighted by Crippen LogP contribution is -2.12. The van der Waals surface area contributed by atoms with E-state index in [1.165, 1.54) is 14.2 Å². The standard InChI is InChI=1S/C10H10N2O3.C9H7NO3.2CH4/c1-14-6-3-4-8-7(5-6)9(12-11-8)10(13)15-2;1-13-5-2-3-7-6(4-5)8(11)9(12)10-7;;/h3-5H,1-2H3,(H,11,12);2-4H,1H3,(H,10,11,12);2*1H4. The highest BCUT2D eigenvalue weighted by atomic mass is 16.5. The Morgan fingerprint density at radius 1 is 0.933 bits per heavy atom. The van der Waals surface area contributed by atoms with Crippen molar-refractivity contribution in [2.24, 2.45) is 0 Å². The van der Waals surface area contributed by atoms with Gasteiger partial charge in [-0.2, -0.15) is 5.10 Å². The van der Waals surface area contributed by atoms with Crippen molar-refractivity contribution >= 4 is 34.3 Å². The summed E-state index contributed by atoms with van der Waals surface area (Å²) in [6.07, 6.45) is 0. The number of hydrogen-bond acceptors (Lipinski definition) is 7. The number of carbonyl (C=O) groups is 3. The molecule has 0 saturated carbocycles. The van der Waals surface area contributed by atoms with Gasteiger partial charge in [-0.25, -0.2) is 4.79 Å². The fourth-order valence-corrected chi connectivity index (χ4v) is 2.62. The van der Waals surface area contributed by atoms with Gasteiger partial charge in [0.25, 0.3) is 11.7 Å². The molecule has 9 heteroatoms. The summed E-state index contributed by atoms with van der Waals surface area (Å²) in [6, 6.07) is 10.2. The molecule has 160 valence electrons. The van der Waals surface area contributed by atoms with Crippen LogP contribution in [0.15, 0.2) is 36.4 Å². The second-order valence-electron chi connectivity index (χ2n) is 5.67. The van der Waals surface area contributed by atoms with Crippen LogP contribution in [0.2, 0.25) is 0 Å². The van der Waals surface area contributed by atoms with Crippen LogP contribution in [0, 0.1) is 0 Å². The number of fused-ring (bicyclic) bond motifs is 2. The molecular formula is C21H25N3O6. The van der Waals surface area contributed by atoms with Gasteiger partial charge in [-0.15, -0.1) is 0 Å². The van der Waals surface area contributed by atoms with E-state index in [9.17, 15) is 14.4 Å². The maximum Gasteiger partial charge on any atom is 0.359 e. The number of esters is 1. The number of aromatic nitrogens is 2. The zero-order valence-corrected chi connectivity index (χ0v) is 15.4. The quantitative estimate of drug-likeness (QED) is 0.496. The van der Waals surface area contributed by atoms with Crippen LogP contribution in [-0.4, -0.2) is 49.2 Å². The Labute approximate surface area is 174 Å². The topological polar surface area (TPSA) is 120 Å². The van der Waals surface area contributed by atoms with Crippen LogP contribution < -0.4 is 14.8 Å². The number of nitrogens with zero attached hydrogens (tertiary/aromatic N) is 1. The van der Waals surface area contributed by atoms with E-state index in [-0.39, 0.29) is 20.5 Å². The van der Waals surface area contributed by atoms with E-state index >= 15 is 0 Å². The van der Waals surface area contributed by atoms with Gasteiger partial charge in [0.1, 0.15) is 11.5 Å². The molecule has 0 aliphatic carbocycles. The zero-order valence-electron chi connectivity index (χ0n) is 15.4. The number of nitrogens with one attached hydrogen (secondary N) is 2. The Balaban J connectivity index is 0.000000284. The number of Topliss-reactive ketones (excluding diaryl/α,β-unsaturated/α-hetero) is 1. The number of benzene rings is 2. The van der Waals surface area contributed by atoms with Crippen molar-refractivity contribution in [1.82, 2.24) is 10.2 Å². The van der Waals surface area contributed by atoms with Gasteiger partial charge in [0.05, 0.1) is 38.1 Å². The van der Waals surface area contributed by atoms with Crippen molar-refractivity contribution in [3.8, 4) is 11.5 Å². The van der Waals surface area contributed by atoms with Crippen LogP contribution in [-0.2, 0) is 9.53 Å². The van der Waals surface area contributed by atoms with Gasteiger partial charge in [0.15, 0.2) is 5.69 Å². The minimum Gasteiger partial charge on any atom is -0.497 e. The molecule has 0 unspecified atom stereocenters. The average molecular weight is 415 g/mol. The first-order valence-corrected chi connectivity index (χ1v) is 8.12. The van der Waals surface area contributed by atoms with Gasteiger partial charge < -0.3 is 19.5 Å². The minimum atomic E-state index is -0.580. The van der Waals surface area contributed by atoms with Crippen molar-refractivity contribution < 1.29 is 28.6 Å². The predicted octanol–water partition coefficient (Wildman–Crippen LogP) is 3.46. The molecule has 0 atom stereocenters. The lowest BCUT2D eigenvalue weighted by Gasteiger charge is -2.00. The van der Waals surface area contributed by atoms with E-state index in [1.54, 1.807) is 43.5 Å². The number of H-pyrrole nitrogens is 1. The maximum atomic E-state index is 11.3. The predicted molar refractivity (Wildman–Crippen MR) is 113 cm³/mol. The summed E-state index contributed by atoms with van der Waals surface area (Å²) >= 11 is 0. The molecule has 0 fully saturated rings. The molecular weight excluding hydrogens is 390 g/mol. The summed E-state index contributed by atoms with van der Waals surface area (Å²) in [4.78, 5) is 33.5. The van der Waals surface area contributed by atoms with Crippen molar-refractivity contribution in [2.75, 3.05) is 26.6 Å². The Morgan fingerprint density at radius 3 is 2.20 bits per heavy atom. The number of aromatic amines is 1. The molecule has 1 aromatic heterocycles. The number of hydrogen-bond donors (Lipinski definition) is 2. The first-order chi connectivity index (χ1) is 13.5. The Morgan fingerprint density at radius 2 is 1.57 bits per heavy atom. The molecule has 2 heterocycles. The summed E-state index contributed by atoms with van der Waals surface area (Å²) in [5, 5.41) is 9.78. The third kappa shape index (κ3) is 4.57. The zero-order chi connectivity index (χ0) is 20.3. The molecule has 3 aromatic rings. The smallest absolute Gasteiger partial charge is 0.359 e. The highest BCUT2D eigenvalue weighted by Gasteiger charge is 2.27. The molecule has 1 aliphatic rings. The molecule has 9 nitrogen and oxygen atoms in total. The summed E-state index contributed by atoms with van der Waals surface area (Å²) in [6.45, 7) is 0. The van der Waals surface area contributed by atoms with Crippen LogP contribution in [0.1, 0.15) is 35.7 Å². The molecule has 2 N–H and O–H groups in total. The highest BCUT2D eigenvalue weighted by molar-refractivity contribution is 6.51. The van der Waals surface area contributed by atoms with Crippen LogP contribution in [0.5, 0.6) is 11.5 Å². The van der Waals surface area contributed by atoms with E-state index in [1.807, 2.05) is 0 Å². The van der Waals surface area contributed by atoms with Crippen molar-refractivity contribution in [1.29, 1.82) is 0 Å². The second kappa shape index (κ2) is 10.1. The molecule has 1 amide bonds. The lowest BCUT2D eigenvalue weighted by atomic mass is 10.1. The van der Waals surface area contributed by atoms with E-state index < -0.39 is 17.7 Å². The van der Waals surface area contributed by atoms with E-state index in [4.69, 9.17) is 9.47 Å². The fraction of sp³-hybridized carbons (Fsp3) is 0.238. The van der Waals surface area contributed by atoms with Gasteiger partial charge in [-0.3, -0.25) is 14.7 Å². The maximum absolute atomic E-state index is 11.3. The Kier molecular flexibility index (Phi) is 8.10. The van der Waals surface area contributed by atoms with Crippen LogP contribution in [0.4, 0.5) is 5.69 Å². The van der Waals surface area contributed by atoms with Crippen molar-refractivity contribution in [3.63, 3.8) is 0 Å². The monoisotopic (exact) mass is 415 g/mol. The SMILES string of the molecule is C.C.COC(=O)c1n[nH]c2ccc(OC)cc12.COc1ccc2c(c1)C(=O)C(=O)N2. The van der Waals surface area contributed by atoms with E-state index in [0.717, 1.165) is 5.52 Å². The first-order valence-electron chi connectivity index (χ1n) is 8.12. The largest absolute Gasteiger partial charge is 0.497 e. The summed E-state index contributed by atoms with van der Waals surface area (Å²) in [7, 11) is 4.40. The molecule has 0 saturated heterocycles. The molecule has 30 heavy (non-hydrogen) atoms. The molecule has 2 aromatic carbocycles. The minimum absolute atomic E-state index is 0. The third-order valence-electron chi connectivity index (χ3n) is 4.07. The molecule has 0 spiro atoms. The molecule has 1 aliphatic heterocycles. The third-order valence-corrected chi connectivity index (χ3v) is 4.07. The van der Waals surface area contributed by atoms with E-state index in [0.29, 0.717) is 28.1 Å². The number of ether oxygens (including phenoxy) is 3. The van der Waals surface area contributed by atoms with Gasteiger partial charge in [0.2, 0.25) is 0 Å². The number of carbonyl (C=O) groups excluding carboxylic acids is 3. The Hall–Kier alpha value is -3.88. The Bertz CT molecular complexity index is 1070. The van der Waals surface area contributed by atoms with Crippen molar-refractivity contribution in [2.45, 2.75) is 14.9 Å². The highest BCUT2D eigenvalue weighted by Crippen LogP contribution is 2.26. The van der Waals surface area contributed by atoms with Crippen LogP contribution >= 0.6 is 0 Å². The molecule has 0 bridgehead atoms. The lowest BCUT2D eigenvalue weighted by molar-refractivity contribution is -0.112. The fourth-order valence-electron chi connectivity index (χ4n) is 2.62. The summed E-state index contributed by atoms with van der Waals surface area (Å²) < 4.78 is 14.6. The summed E-state index contributed by atoms with van der Waals surface area (Å²) in [5.41, 5.74) is 1.97. The first kappa shape index (κ1) is 24.2. The molecule has 4 rings (SSSR count). The molecule has 0 radical (unpaired) electrons. The van der Waals surface area contributed by atoms with E-state index in [2.05, 4.69) is 20.3 Å². The van der Waals surface area contributed by atoms with Crippen LogP contribution in [0.3, 0.4) is 0 Å². The van der Waals surface area contributed by atoms with Gasteiger partial charge in [-0.1, -0.05) is 14.9 Å². The average Bonchev–Trinajstić information content (AvgIpc) is 3.28. The number of methoxy groups -OCH3 is 3. The van der Waals surface area contributed by atoms with Crippen LogP contribution in [0.25, 0.3) is 10.9 Å². The number of amides is 1. The second-order valence-corrected chi connectivity index (χ2v) is 5.67. The van der Waals surface area contributed by atoms with Gasteiger partial charge >= 0.3 is 5.97 Å². The van der Waals surface area contributed by atoms with Gasteiger partial charge in [0, 0.05) is 5.39 Å². The van der Waals surface area contributed by atoms with Crippen molar-refractivity contribution in [3.05, 3.63) is 47.7 Å². The number of anilines is 1. The normalized spacial score (nSPS) is 11.2. The number of ketones is 1. The number of rotatable bonds is 3. The summed E-state index contributed by atoms with van der Waals surface area (Å²) in [5.74, 6) is -0.302. The van der Waals surface area contributed by atoms with Gasteiger partial charge in [-0.05, 0) is 36.4 Å².